The van der Waals surface area contributed by atoms with Gasteiger partial charge >= 0.3 is 0 Å². The molecule has 0 radical (unpaired) electrons. The maximum atomic E-state index is 4.41. The van der Waals surface area contributed by atoms with Crippen molar-refractivity contribution in [2.45, 2.75) is 20.8 Å². The summed E-state index contributed by atoms with van der Waals surface area (Å²) in [5.41, 5.74) is 1.90. The van der Waals surface area contributed by atoms with Crippen molar-refractivity contribution in [1.82, 2.24) is 15.3 Å². The predicted octanol–water partition coefficient (Wildman–Crippen LogP) is 1.36. The zero-order chi connectivity index (χ0) is 11.3. The Morgan fingerprint density at radius 2 is 2.07 bits per heavy atom. The van der Waals surface area contributed by atoms with Gasteiger partial charge in [-0.2, -0.15) is 0 Å². The number of rotatable bonds is 5. The highest BCUT2D eigenvalue weighted by Crippen LogP contribution is 2.09. The molecule has 4 heteroatoms. The topological polar surface area (TPSA) is 49.8 Å². The molecule has 1 aromatic rings. The molecule has 0 amide bonds. The van der Waals surface area contributed by atoms with Crippen molar-refractivity contribution in [2.75, 3.05) is 25.5 Å². The molecule has 1 unspecified atom stereocenters. The number of aromatic nitrogens is 2. The summed E-state index contributed by atoms with van der Waals surface area (Å²) in [4.78, 5) is 8.67. The summed E-state index contributed by atoms with van der Waals surface area (Å²) >= 11 is 0. The van der Waals surface area contributed by atoms with Gasteiger partial charge in [-0.15, -0.1) is 0 Å². The molecule has 2 N–H and O–H groups in total. The van der Waals surface area contributed by atoms with E-state index in [4.69, 9.17) is 0 Å². The first-order valence-corrected chi connectivity index (χ1v) is 5.32. The van der Waals surface area contributed by atoms with Crippen LogP contribution in [0.25, 0.3) is 0 Å². The lowest BCUT2D eigenvalue weighted by atomic mass is 10.2. The van der Waals surface area contributed by atoms with Gasteiger partial charge in [0.1, 0.15) is 5.82 Å². The Kier molecular flexibility index (Phi) is 4.49. The Hall–Kier alpha value is -1.16. The van der Waals surface area contributed by atoms with Crippen LogP contribution < -0.4 is 10.6 Å². The number of anilines is 1. The molecule has 15 heavy (non-hydrogen) atoms. The second-order valence-corrected chi connectivity index (χ2v) is 3.99. The van der Waals surface area contributed by atoms with Gasteiger partial charge in [0.05, 0.1) is 11.4 Å². The molecule has 1 atom stereocenters. The van der Waals surface area contributed by atoms with Crippen molar-refractivity contribution in [2.24, 2.45) is 5.92 Å². The van der Waals surface area contributed by atoms with Gasteiger partial charge in [0, 0.05) is 12.7 Å². The molecule has 1 aromatic heterocycles. The van der Waals surface area contributed by atoms with Crippen molar-refractivity contribution in [3.05, 3.63) is 17.6 Å². The van der Waals surface area contributed by atoms with Crippen LogP contribution in [0.1, 0.15) is 18.3 Å². The van der Waals surface area contributed by atoms with E-state index in [2.05, 4.69) is 27.5 Å². The van der Waals surface area contributed by atoms with Gasteiger partial charge in [0.2, 0.25) is 0 Å². The van der Waals surface area contributed by atoms with Gasteiger partial charge in [-0.25, -0.2) is 4.98 Å². The standard InChI is InChI=1S/C11H20N4/c1-8(5-12-4)6-14-11-10(3)13-7-9(2)15-11/h7-8,12H,5-6H2,1-4H3,(H,14,15). The summed E-state index contributed by atoms with van der Waals surface area (Å²) in [5.74, 6) is 1.48. The first kappa shape index (κ1) is 11.9. The van der Waals surface area contributed by atoms with E-state index in [1.54, 1.807) is 6.20 Å². The molecule has 0 saturated heterocycles. The van der Waals surface area contributed by atoms with E-state index in [9.17, 15) is 0 Å². The van der Waals surface area contributed by atoms with E-state index in [1.165, 1.54) is 0 Å². The Bertz CT molecular complexity index is 311. The highest BCUT2D eigenvalue weighted by molar-refractivity contribution is 5.39. The largest absolute Gasteiger partial charge is 0.368 e. The molecule has 0 saturated carbocycles. The van der Waals surface area contributed by atoms with E-state index in [0.717, 1.165) is 30.3 Å². The summed E-state index contributed by atoms with van der Waals surface area (Å²) in [6, 6.07) is 0. The molecule has 0 aliphatic rings. The second kappa shape index (κ2) is 5.66. The molecule has 0 spiro atoms. The van der Waals surface area contributed by atoms with Crippen LogP contribution in [0.2, 0.25) is 0 Å². The van der Waals surface area contributed by atoms with Gasteiger partial charge in [-0.05, 0) is 33.4 Å². The van der Waals surface area contributed by atoms with Gasteiger partial charge in [-0.3, -0.25) is 4.98 Å². The number of aryl methyl sites for hydroxylation is 2. The first-order valence-electron chi connectivity index (χ1n) is 5.32. The van der Waals surface area contributed by atoms with E-state index >= 15 is 0 Å². The van der Waals surface area contributed by atoms with E-state index in [0.29, 0.717) is 5.92 Å². The zero-order valence-electron chi connectivity index (χ0n) is 9.96. The summed E-state index contributed by atoms with van der Waals surface area (Å²) in [6.07, 6.45) is 1.79. The number of hydrogen-bond acceptors (Lipinski definition) is 4. The van der Waals surface area contributed by atoms with Crippen LogP contribution in [-0.4, -0.2) is 30.1 Å². The lowest BCUT2D eigenvalue weighted by molar-refractivity contribution is 0.568. The minimum Gasteiger partial charge on any atom is -0.368 e. The Morgan fingerprint density at radius 3 is 2.73 bits per heavy atom. The van der Waals surface area contributed by atoms with Crippen LogP contribution in [0.5, 0.6) is 0 Å². The quantitative estimate of drug-likeness (QED) is 0.767. The number of nitrogens with zero attached hydrogens (tertiary/aromatic N) is 2. The Labute approximate surface area is 91.5 Å². The number of hydrogen-bond donors (Lipinski definition) is 2. The van der Waals surface area contributed by atoms with Crippen LogP contribution >= 0.6 is 0 Å². The average molecular weight is 208 g/mol. The maximum absolute atomic E-state index is 4.41. The third kappa shape index (κ3) is 3.83. The monoisotopic (exact) mass is 208 g/mol. The maximum Gasteiger partial charge on any atom is 0.147 e. The van der Waals surface area contributed by atoms with Crippen LogP contribution in [0.15, 0.2) is 6.20 Å². The van der Waals surface area contributed by atoms with Gasteiger partial charge in [-0.1, -0.05) is 6.92 Å². The molecule has 0 bridgehead atoms. The molecular formula is C11H20N4. The van der Waals surface area contributed by atoms with E-state index in [-0.39, 0.29) is 0 Å². The van der Waals surface area contributed by atoms with Crippen molar-refractivity contribution in [3.63, 3.8) is 0 Å². The normalized spacial score (nSPS) is 12.5. The van der Waals surface area contributed by atoms with Crippen LogP contribution in [0.3, 0.4) is 0 Å². The first-order chi connectivity index (χ1) is 7.13. The van der Waals surface area contributed by atoms with Crippen molar-refractivity contribution in [1.29, 1.82) is 0 Å². The Morgan fingerprint density at radius 1 is 1.33 bits per heavy atom. The lowest BCUT2D eigenvalue weighted by Gasteiger charge is -2.13. The van der Waals surface area contributed by atoms with Crippen LogP contribution in [0.4, 0.5) is 5.82 Å². The smallest absolute Gasteiger partial charge is 0.147 e. The predicted molar refractivity (Wildman–Crippen MR) is 63.1 cm³/mol. The third-order valence-electron chi connectivity index (χ3n) is 2.25. The fourth-order valence-corrected chi connectivity index (χ4v) is 1.40. The lowest BCUT2D eigenvalue weighted by Crippen LogP contribution is -2.23. The molecule has 4 nitrogen and oxygen atoms in total. The van der Waals surface area contributed by atoms with Crippen LogP contribution in [-0.2, 0) is 0 Å². The molecular weight excluding hydrogens is 188 g/mol. The highest BCUT2D eigenvalue weighted by Gasteiger charge is 2.04. The summed E-state index contributed by atoms with van der Waals surface area (Å²) in [5, 5.41) is 6.48. The second-order valence-electron chi connectivity index (χ2n) is 3.99. The SMILES string of the molecule is CNCC(C)CNc1nc(C)cnc1C. The molecule has 1 heterocycles. The molecule has 0 aromatic carbocycles. The highest BCUT2D eigenvalue weighted by atomic mass is 15.0. The molecule has 0 aliphatic carbocycles. The fraction of sp³-hybridized carbons (Fsp3) is 0.636. The van der Waals surface area contributed by atoms with Crippen LogP contribution in [0, 0.1) is 19.8 Å². The average Bonchev–Trinajstić information content (AvgIpc) is 2.20. The summed E-state index contributed by atoms with van der Waals surface area (Å²) < 4.78 is 0. The van der Waals surface area contributed by atoms with E-state index < -0.39 is 0 Å². The zero-order valence-corrected chi connectivity index (χ0v) is 9.96. The third-order valence-corrected chi connectivity index (χ3v) is 2.25. The summed E-state index contributed by atoms with van der Waals surface area (Å²) in [6.45, 7) is 8.04. The fourth-order valence-electron chi connectivity index (χ4n) is 1.40. The molecule has 1 rings (SSSR count). The van der Waals surface area contributed by atoms with Gasteiger partial charge in [0.25, 0.3) is 0 Å². The Balaban J connectivity index is 2.53. The molecule has 0 aliphatic heterocycles. The number of nitrogens with one attached hydrogen (secondary N) is 2. The van der Waals surface area contributed by atoms with Gasteiger partial charge < -0.3 is 10.6 Å². The minimum absolute atomic E-state index is 0.580. The van der Waals surface area contributed by atoms with E-state index in [1.807, 2.05) is 20.9 Å². The molecule has 0 fully saturated rings. The van der Waals surface area contributed by atoms with Crippen molar-refractivity contribution >= 4 is 5.82 Å². The minimum atomic E-state index is 0.580. The van der Waals surface area contributed by atoms with Gasteiger partial charge in [0.15, 0.2) is 0 Å². The van der Waals surface area contributed by atoms with Crippen molar-refractivity contribution in [3.8, 4) is 0 Å². The van der Waals surface area contributed by atoms with Crippen molar-refractivity contribution < 1.29 is 0 Å². The summed E-state index contributed by atoms with van der Waals surface area (Å²) in [7, 11) is 1.97. The molecule has 84 valence electrons.